The number of aliphatic hydroxyl groups is 2. The number of fused-ring (bicyclic) bond motifs is 1. The predicted octanol–water partition coefficient (Wildman–Crippen LogP) is 4.71. The van der Waals surface area contributed by atoms with Gasteiger partial charge in [-0.25, -0.2) is 0 Å². The van der Waals surface area contributed by atoms with Gasteiger partial charge in [0.25, 0.3) is 0 Å². The van der Waals surface area contributed by atoms with Crippen LogP contribution in [0.2, 0.25) is 0 Å². The first kappa shape index (κ1) is 24.0. The van der Waals surface area contributed by atoms with E-state index in [2.05, 4.69) is 30.1 Å². The summed E-state index contributed by atoms with van der Waals surface area (Å²) in [6.45, 7) is 9.31. The molecule has 0 aromatic heterocycles. The molecule has 1 saturated heterocycles. The molecule has 4 heteroatoms. The van der Waals surface area contributed by atoms with Crippen LogP contribution in [0, 0.1) is 17.8 Å². The van der Waals surface area contributed by atoms with Crippen LogP contribution in [0.5, 0.6) is 0 Å². The summed E-state index contributed by atoms with van der Waals surface area (Å²) < 4.78 is 5.42. The van der Waals surface area contributed by atoms with Crippen LogP contribution in [-0.2, 0) is 4.74 Å². The fourth-order valence-corrected chi connectivity index (χ4v) is 5.62. The van der Waals surface area contributed by atoms with Gasteiger partial charge in [0.1, 0.15) is 0 Å². The monoisotopic (exact) mass is 419 g/mol. The summed E-state index contributed by atoms with van der Waals surface area (Å²) in [6, 6.07) is 0. The molecule has 0 spiro atoms. The van der Waals surface area contributed by atoms with Crippen LogP contribution in [0.25, 0.3) is 0 Å². The standard InChI is InChI=1S/C26H45NO3/c1-3-4-11-26(2,29)12-8-10-23-24-19-21(18-22(24)20-25(23)28)9-6-5-7-13-27-14-16-30-17-15-27/h8,10,18,22-25,28-29H,3-7,9,11-17,19-20H2,1-2H3/t22-,23+,24-,25+,26-/m0/s1. The van der Waals surface area contributed by atoms with Crippen molar-refractivity contribution in [3.63, 3.8) is 0 Å². The molecule has 0 unspecified atom stereocenters. The lowest BCUT2D eigenvalue weighted by Crippen LogP contribution is -2.36. The van der Waals surface area contributed by atoms with Crippen molar-refractivity contribution in [1.29, 1.82) is 0 Å². The number of unbranched alkanes of at least 4 members (excludes halogenated alkanes) is 3. The fourth-order valence-electron chi connectivity index (χ4n) is 5.62. The first-order valence-corrected chi connectivity index (χ1v) is 12.6. The van der Waals surface area contributed by atoms with Gasteiger partial charge in [0.15, 0.2) is 0 Å². The molecular formula is C26H45NO3. The summed E-state index contributed by atoms with van der Waals surface area (Å²) >= 11 is 0. The van der Waals surface area contributed by atoms with Gasteiger partial charge in [-0.15, -0.1) is 0 Å². The minimum atomic E-state index is -0.615. The molecule has 30 heavy (non-hydrogen) atoms. The summed E-state index contributed by atoms with van der Waals surface area (Å²) in [5.74, 6) is 1.38. The van der Waals surface area contributed by atoms with Crippen molar-refractivity contribution in [3.8, 4) is 0 Å². The molecule has 0 amide bonds. The Hall–Kier alpha value is -0.680. The van der Waals surface area contributed by atoms with E-state index >= 15 is 0 Å². The molecule has 1 heterocycles. The van der Waals surface area contributed by atoms with E-state index in [-0.39, 0.29) is 12.0 Å². The third kappa shape index (κ3) is 7.19. The van der Waals surface area contributed by atoms with E-state index in [1.54, 1.807) is 5.57 Å². The van der Waals surface area contributed by atoms with Gasteiger partial charge in [0, 0.05) is 19.0 Å². The number of aliphatic hydroxyl groups excluding tert-OH is 1. The van der Waals surface area contributed by atoms with Crippen molar-refractivity contribution in [2.75, 3.05) is 32.8 Å². The van der Waals surface area contributed by atoms with E-state index in [1.807, 2.05) is 6.92 Å². The van der Waals surface area contributed by atoms with Crippen LogP contribution in [0.4, 0.5) is 0 Å². The lowest BCUT2D eigenvalue weighted by molar-refractivity contribution is 0.0371. The van der Waals surface area contributed by atoms with Gasteiger partial charge in [-0.1, -0.05) is 50.0 Å². The van der Waals surface area contributed by atoms with Crippen LogP contribution >= 0.6 is 0 Å². The SMILES string of the molecule is CCCC[C@](C)(O)CC=C[C@@H]1[C@H]2CC(CCCCCN3CCOCC3)=C[C@H]2C[C@H]1O. The van der Waals surface area contributed by atoms with Gasteiger partial charge < -0.3 is 14.9 Å². The third-order valence-electron chi connectivity index (χ3n) is 7.51. The highest BCUT2D eigenvalue weighted by molar-refractivity contribution is 5.20. The van der Waals surface area contributed by atoms with E-state index in [0.29, 0.717) is 18.3 Å². The van der Waals surface area contributed by atoms with Crippen LogP contribution < -0.4 is 0 Å². The van der Waals surface area contributed by atoms with Gasteiger partial charge in [-0.3, -0.25) is 4.90 Å². The van der Waals surface area contributed by atoms with Crippen LogP contribution in [0.1, 0.15) is 78.1 Å². The Bertz CT molecular complexity index is 565. The summed E-state index contributed by atoms with van der Waals surface area (Å²) in [7, 11) is 0. The van der Waals surface area contributed by atoms with Crippen molar-refractivity contribution >= 4 is 0 Å². The zero-order chi connectivity index (χ0) is 21.4. The Morgan fingerprint density at radius 1 is 1.20 bits per heavy atom. The van der Waals surface area contributed by atoms with Crippen molar-refractivity contribution in [1.82, 2.24) is 4.90 Å². The highest BCUT2D eigenvalue weighted by atomic mass is 16.5. The smallest absolute Gasteiger partial charge is 0.0654 e. The number of ether oxygens (including phenoxy) is 1. The minimum Gasteiger partial charge on any atom is -0.392 e. The fraction of sp³-hybridized carbons (Fsp3) is 0.846. The molecule has 1 aliphatic heterocycles. The zero-order valence-corrected chi connectivity index (χ0v) is 19.4. The quantitative estimate of drug-likeness (QED) is 0.355. The Morgan fingerprint density at radius 2 is 2.00 bits per heavy atom. The summed E-state index contributed by atoms with van der Waals surface area (Å²) in [5.41, 5.74) is 1.01. The van der Waals surface area contributed by atoms with Crippen molar-refractivity contribution < 1.29 is 14.9 Å². The van der Waals surface area contributed by atoms with E-state index in [0.717, 1.165) is 58.4 Å². The number of hydrogen-bond donors (Lipinski definition) is 2. The second kappa shape index (κ2) is 11.8. The lowest BCUT2D eigenvalue weighted by atomic mass is 9.87. The molecule has 1 saturated carbocycles. The number of morpholine rings is 1. The van der Waals surface area contributed by atoms with Gasteiger partial charge in [-0.2, -0.15) is 0 Å². The first-order valence-electron chi connectivity index (χ1n) is 12.6. The number of hydrogen-bond acceptors (Lipinski definition) is 4. The molecule has 0 aromatic carbocycles. The first-order chi connectivity index (χ1) is 14.5. The largest absolute Gasteiger partial charge is 0.392 e. The Kier molecular flexibility index (Phi) is 9.43. The second-order valence-corrected chi connectivity index (χ2v) is 10.2. The Morgan fingerprint density at radius 3 is 2.77 bits per heavy atom. The van der Waals surface area contributed by atoms with Gasteiger partial charge >= 0.3 is 0 Å². The highest BCUT2D eigenvalue weighted by Gasteiger charge is 2.43. The van der Waals surface area contributed by atoms with Crippen molar-refractivity contribution in [3.05, 3.63) is 23.8 Å². The van der Waals surface area contributed by atoms with Gasteiger partial charge in [-0.05, 0) is 70.3 Å². The van der Waals surface area contributed by atoms with E-state index in [1.165, 1.54) is 32.2 Å². The molecule has 0 radical (unpaired) electrons. The maximum atomic E-state index is 10.6. The number of rotatable bonds is 12. The molecule has 2 fully saturated rings. The molecule has 4 nitrogen and oxygen atoms in total. The minimum absolute atomic E-state index is 0.219. The van der Waals surface area contributed by atoms with Crippen molar-refractivity contribution in [2.45, 2.75) is 89.8 Å². The van der Waals surface area contributed by atoms with Gasteiger partial charge in [0.2, 0.25) is 0 Å². The normalized spacial score (nSPS) is 31.8. The van der Waals surface area contributed by atoms with Crippen LogP contribution in [-0.4, -0.2) is 59.7 Å². The second-order valence-electron chi connectivity index (χ2n) is 10.2. The Balaban J connectivity index is 1.36. The Labute approximate surface area is 184 Å². The topological polar surface area (TPSA) is 52.9 Å². The van der Waals surface area contributed by atoms with E-state index in [4.69, 9.17) is 4.74 Å². The zero-order valence-electron chi connectivity index (χ0n) is 19.4. The molecule has 3 rings (SSSR count). The average Bonchev–Trinajstić information content (AvgIpc) is 3.24. The van der Waals surface area contributed by atoms with E-state index in [9.17, 15) is 10.2 Å². The summed E-state index contributed by atoms with van der Waals surface area (Å²) in [4.78, 5) is 2.53. The lowest BCUT2D eigenvalue weighted by Gasteiger charge is -2.26. The third-order valence-corrected chi connectivity index (χ3v) is 7.51. The predicted molar refractivity (Wildman–Crippen MR) is 123 cm³/mol. The molecule has 172 valence electrons. The number of nitrogens with zero attached hydrogens (tertiary/aromatic N) is 1. The summed E-state index contributed by atoms with van der Waals surface area (Å²) in [5, 5.41) is 21.1. The molecule has 3 aliphatic rings. The highest BCUT2D eigenvalue weighted by Crippen LogP contribution is 2.48. The average molecular weight is 420 g/mol. The molecule has 2 aliphatic carbocycles. The van der Waals surface area contributed by atoms with E-state index < -0.39 is 5.60 Å². The van der Waals surface area contributed by atoms with Crippen molar-refractivity contribution in [2.24, 2.45) is 17.8 Å². The molecule has 0 aromatic rings. The maximum absolute atomic E-state index is 10.6. The molecule has 5 atom stereocenters. The molecule has 2 N–H and O–H groups in total. The maximum Gasteiger partial charge on any atom is 0.0654 e. The molecular weight excluding hydrogens is 374 g/mol. The van der Waals surface area contributed by atoms with Crippen LogP contribution in [0.3, 0.4) is 0 Å². The molecule has 0 bridgehead atoms. The van der Waals surface area contributed by atoms with Crippen LogP contribution in [0.15, 0.2) is 23.8 Å². The van der Waals surface area contributed by atoms with Gasteiger partial charge in [0.05, 0.1) is 24.9 Å². The number of allylic oxidation sites excluding steroid dienone is 2. The summed E-state index contributed by atoms with van der Waals surface area (Å²) in [6.07, 6.45) is 17.5.